The van der Waals surface area contributed by atoms with Crippen LogP contribution < -0.4 is 0 Å². The molecule has 3 unspecified atom stereocenters. The first-order valence-electron chi connectivity index (χ1n) is 15.3. The summed E-state index contributed by atoms with van der Waals surface area (Å²) in [7, 11) is 0. The van der Waals surface area contributed by atoms with Gasteiger partial charge in [-0.05, 0) is 99.5 Å². The molecule has 5 aromatic rings. The molecular formula is C41H37F. The van der Waals surface area contributed by atoms with Gasteiger partial charge >= 0.3 is 0 Å². The van der Waals surface area contributed by atoms with Gasteiger partial charge in [-0.1, -0.05) is 122 Å². The number of hydrogen-bond acceptors (Lipinski definition) is 0. The molecule has 0 saturated carbocycles. The van der Waals surface area contributed by atoms with E-state index < -0.39 is 0 Å². The zero-order chi connectivity index (χ0) is 29.0. The Hall–Kier alpha value is -4.23. The third-order valence-electron chi connectivity index (χ3n) is 9.82. The van der Waals surface area contributed by atoms with Crippen molar-refractivity contribution in [1.82, 2.24) is 0 Å². The molecule has 5 aromatic carbocycles. The number of benzene rings is 5. The second-order valence-electron chi connectivity index (χ2n) is 12.2. The van der Waals surface area contributed by atoms with Crippen LogP contribution in [0, 0.1) is 25.6 Å². The third-order valence-corrected chi connectivity index (χ3v) is 9.82. The summed E-state index contributed by atoms with van der Waals surface area (Å²) in [6.07, 6.45) is 1.65. The average Bonchev–Trinajstić information content (AvgIpc) is 3.48. The minimum Gasteiger partial charge on any atom is -0.207 e. The van der Waals surface area contributed by atoms with Gasteiger partial charge in [0.1, 0.15) is 5.82 Å². The summed E-state index contributed by atoms with van der Waals surface area (Å²) in [5, 5.41) is 0. The van der Waals surface area contributed by atoms with E-state index in [2.05, 4.69) is 113 Å². The van der Waals surface area contributed by atoms with Gasteiger partial charge in [-0.3, -0.25) is 0 Å². The van der Waals surface area contributed by atoms with E-state index in [-0.39, 0.29) is 17.7 Å². The molecule has 0 saturated heterocycles. The molecule has 0 aliphatic heterocycles. The first kappa shape index (κ1) is 26.7. The Balaban J connectivity index is 1.40. The molecular weight excluding hydrogens is 511 g/mol. The fourth-order valence-electron chi connectivity index (χ4n) is 7.88. The normalized spacial score (nSPS) is 17.6. The van der Waals surface area contributed by atoms with Gasteiger partial charge in [-0.2, -0.15) is 0 Å². The van der Waals surface area contributed by atoms with Gasteiger partial charge in [-0.25, -0.2) is 4.39 Å². The summed E-state index contributed by atoms with van der Waals surface area (Å²) in [5.41, 5.74) is 17.1. The average molecular weight is 549 g/mol. The van der Waals surface area contributed by atoms with Crippen molar-refractivity contribution in [2.75, 3.05) is 0 Å². The molecule has 0 spiro atoms. The van der Waals surface area contributed by atoms with Crippen LogP contribution in [0.15, 0.2) is 109 Å². The minimum absolute atomic E-state index is 0.134. The van der Waals surface area contributed by atoms with Crippen molar-refractivity contribution in [2.45, 2.75) is 52.4 Å². The summed E-state index contributed by atoms with van der Waals surface area (Å²) < 4.78 is 14.7. The van der Waals surface area contributed by atoms with Gasteiger partial charge < -0.3 is 0 Å². The smallest absolute Gasteiger partial charge is 0.126 e. The Morgan fingerprint density at radius 3 is 2.05 bits per heavy atom. The quantitative estimate of drug-likeness (QED) is 0.198. The van der Waals surface area contributed by atoms with Crippen LogP contribution in [-0.4, -0.2) is 0 Å². The van der Waals surface area contributed by atoms with Crippen LogP contribution in [0.25, 0.3) is 22.3 Å². The lowest BCUT2D eigenvalue weighted by Gasteiger charge is -2.33. The van der Waals surface area contributed by atoms with Gasteiger partial charge in [-0.15, -0.1) is 0 Å². The monoisotopic (exact) mass is 548 g/mol. The second kappa shape index (κ2) is 10.6. The van der Waals surface area contributed by atoms with Crippen molar-refractivity contribution in [1.29, 1.82) is 0 Å². The zero-order valence-corrected chi connectivity index (χ0v) is 24.9. The fraction of sp³-hybridized carbons (Fsp3) is 0.220. The summed E-state index contributed by atoms with van der Waals surface area (Å²) in [6, 6.07) is 39.0. The van der Waals surface area contributed by atoms with E-state index in [1.807, 2.05) is 12.1 Å². The predicted octanol–water partition coefficient (Wildman–Crippen LogP) is 10.9. The number of rotatable bonds is 6. The molecule has 0 heterocycles. The van der Waals surface area contributed by atoms with E-state index in [0.717, 1.165) is 12.0 Å². The van der Waals surface area contributed by atoms with Crippen LogP contribution in [-0.2, 0) is 6.42 Å². The van der Waals surface area contributed by atoms with Crippen molar-refractivity contribution in [3.05, 3.63) is 165 Å². The Morgan fingerprint density at radius 2 is 1.29 bits per heavy atom. The minimum atomic E-state index is -0.134. The van der Waals surface area contributed by atoms with Crippen LogP contribution in [0.2, 0.25) is 0 Å². The molecule has 3 atom stereocenters. The number of aryl methyl sites for hydroxylation is 2. The Labute approximate surface area is 249 Å². The SMILES string of the molecule is CCC(C1C(c2cc(C)ccc2C)=C(C)c2ccccc21)C1c2ccccc2-c2ccc(Cc3ccccc3F)cc21. The molecule has 2 aliphatic rings. The maximum Gasteiger partial charge on any atom is 0.126 e. The van der Waals surface area contributed by atoms with Crippen molar-refractivity contribution in [3.63, 3.8) is 0 Å². The van der Waals surface area contributed by atoms with Gasteiger partial charge in [0.05, 0.1) is 0 Å². The molecule has 0 radical (unpaired) electrons. The Bertz CT molecular complexity index is 1860. The molecule has 7 rings (SSSR count). The number of hydrogen-bond donors (Lipinski definition) is 0. The summed E-state index contributed by atoms with van der Waals surface area (Å²) in [6.45, 7) is 9.15. The topological polar surface area (TPSA) is 0 Å². The first-order valence-corrected chi connectivity index (χ1v) is 15.3. The fourth-order valence-corrected chi connectivity index (χ4v) is 7.88. The highest BCUT2D eigenvalue weighted by Crippen LogP contribution is 2.59. The number of allylic oxidation sites excluding steroid dienone is 2. The van der Waals surface area contributed by atoms with Crippen LogP contribution >= 0.6 is 0 Å². The highest BCUT2D eigenvalue weighted by molar-refractivity contribution is 6.00. The third kappa shape index (κ3) is 4.26. The number of fused-ring (bicyclic) bond motifs is 4. The summed E-state index contributed by atoms with van der Waals surface area (Å²) in [5.74, 6) is 0.770. The van der Waals surface area contributed by atoms with E-state index in [4.69, 9.17) is 0 Å². The Kier molecular flexibility index (Phi) is 6.70. The summed E-state index contributed by atoms with van der Waals surface area (Å²) in [4.78, 5) is 0. The van der Waals surface area contributed by atoms with Crippen molar-refractivity contribution < 1.29 is 4.39 Å². The molecule has 0 bridgehead atoms. The molecule has 0 nitrogen and oxygen atoms in total. The highest BCUT2D eigenvalue weighted by atomic mass is 19.1. The van der Waals surface area contributed by atoms with Crippen molar-refractivity contribution in [2.24, 2.45) is 5.92 Å². The molecule has 0 amide bonds. The van der Waals surface area contributed by atoms with Gasteiger partial charge in [0.25, 0.3) is 0 Å². The second-order valence-corrected chi connectivity index (χ2v) is 12.2. The molecule has 0 N–H and O–H groups in total. The molecule has 0 aromatic heterocycles. The standard InChI is InChI=1S/C41H37F/c1-5-30(41-34-15-9-7-13-31(34)27(4)39(41)36-22-25(2)18-19-26(36)3)40-35-16-10-8-14-32(35)33-21-20-28(24-37(33)40)23-29-12-6-11-17-38(29)42/h6-22,24,30,40-41H,5,23H2,1-4H3. The van der Waals surface area contributed by atoms with Crippen molar-refractivity contribution in [3.8, 4) is 11.1 Å². The largest absolute Gasteiger partial charge is 0.207 e. The highest BCUT2D eigenvalue weighted by Gasteiger charge is 2.43. The van der Waals surface area contributed by atoms with E-state index in [1.165, 1.54) is 66.8 Å². The summed E-state index contributed by atoms with van der Waals surface area (Å²) >= 11 is 0. The molecule has 1 heteroatoms. The predicted molar refractivity (Wildman–Crippen MR) is 174 cm³/mol. The maximum absolute atomic E-state index is 14.7. The van der Waals surface area contributed by atoms with E-state index in [1.54, 1.807) is 12.1 Å². The molecule has 0 fully saturated rings. The van der Waals surface area contributed by atoms with Crippen LogP contribution in [0.1, 0.15) is 82.2 Å². The molecule has 2 aliphatic carbocycles. The van der Waals surface area contributed by atoms with Gasteiger partial charge in [0.15, 0.2) is 0 Å². The first-order chi connectivity index (χ1) is 20.5. The van der Waals surface area contributed by atoms with Crippen LogP contribution in [0.4, 0.5) is 4.39 Å². The van der Waals surface area contributed by atoms with E-state index in [9.17, 15) is 4.39 Å². The zero-order valence-electron chi connectivity index (χ0n) is 24.9. The number of halogens is 1. The maximum atomic E-state index is 14.7. The van der Waals surface area contributed by atoms with E-state index >= 15 is 0 Å². The van der Waals surface area contributed by atoms with Crippen LogP contribution in [0.3, 0.4) is 0 Å². The Morgan fingerprint density at radius 1 is 0.619 bits per heavy atom. The lowest BCUT2D eigenvalue weighted by Crippen LogP contribution is -2.21. The molecule has 208 valence electrons. The van der Waals surface area contributed by atoms with Crippen LogP contribution in [0.5, 0.6) is 0 Å². The van der Waals surface area contributed by atoms with Gasteiger partial charge in [0.2, 0.25) is 0 Å². The lowest BCUT2D eigenvalue weighted by atomic mass is 9.69. The van der Waals surface area contributed by atoms with Crippen molar-refractivity contribution >= 4 is 11.1 Å². The molecule has 42 heavy (non-hydrogen) atoms. The lowest BCUT2D eigenvalue weighted by molar-refractivity contribution is 0.425. The van der Waals surface area contributed by atoms with Gasteiger partial charge in [0, 0.05) is 18.3 Å². The van der Waals surface area contributed by atoms with E-state index in [0.29, 0.717) is 12.3 Å².